The fraction of sp³-hybridized carbons (Fsp3) is 0.821. The molecule has 54 heavy (non-hydrogen) atoms. The molecule has 2 aliphatic heterocycles. The van der Waals surface area contributed by atoms with Crippen LogP contribution < -0.4 is 0 Å². The minimum absolute atomic E-state index is 0.0507. The van der Waals surface area contributed by atoms with Gasteiger partial charge in [0.15, 0.2) is 8.32 Å². The van der Waals surface area contributed by atoms with E-state index in [1.807, 2.05) is 38.3 Å². The van der Waals surface area contributed by atoms with Gasteiger partial charge < -0.3 is 33.3 Å². The van der Waals surface area contributed by atoms with Crippen LogP contribution in [0, 0.1) is 17.3 Å². The zero-order valence-electron chi connectivity index (χ0n) is 34.4. The lowest BCUT2D eigenvalue weighted by atomic mass is 9.43. The average Bonchev–Trinajstić information content (AvgIpc) is 3.66. The van der Waals surface area contributed by atoms with E-state index in [-0.39, 0.29) is 65.0 Å². The fourth-order valence-electron chi connectivity index (χ4n) is 8.34. The van der Waals surface area contributed by atoms with Gasteiger partial charge >= 0.3 is 26.2 Å². The number of hydrogen-bond acceptors (Lipinski definition) is 10. The number of ether oxygens (including phenoxy) is 1. The third kappa shape index (κ3) is 11.7. The summed E-state index contributed by atoms with van der Waals surface area (Å²) in [5.41, 5.74) is -0.468. The molecule has 1 aromatic rings. The number of carbonyl (C=O) groups is 3. The zero-order chi connectivity index (χ0) is 40.4. The number of halogens is 1. The Bertz CT molecular complexity index is 1430. The number of Topliss-reactive ketones (excluding diaryl/α,β-unsaturated/α-hetero) is 1. The van der Waals surface area contributed by atoms with Gasteiger partial charge in [-0.1, -0.05) is 40.7 Å². The predicted molar refractivity (Wildman–Crippen MR) is 217 cm³/mol. The molecule has 1 aromatic heterocycles. The van der Waals surface area contributed by atoms with E-state index in [0.29, 0.717) is 49.4 Å². The van der Waals surface area contributed by atoms with E-state index < -0.39 is 40.2 Å². The first-order valence-corrected chi connectivity index (χ1v) is 24.0. The van der Waals surface area contributed by atoms with E-state index in [0.717, 1.165) is 11.3 Å². The van der Waals surface area contributed by atoms with Gasteiger partial charge in [0.25, 0.3) is 0 Å². The highest BCUT2D eigenvalue weighted by Gasteiger charge is 2.68. The van der Waals surface area contributed by atoms with Crippen LogP contribution in [0.15, 0.2) is 17.5 Å². The molecule has 0 spiro atoms. The Balaban J connectivity index is 0.000000276. The number of carboxylic acid groups (broad SMARTS) is 1. The van der Waals surface area contributed by atoms with E-state index in [9.17, 15) is 19.4 Å². The number of ketones is 1. The standard InChI is InChI=1S/C26H48BClO5Si.C13H17BO5S/c1-23(2,3)30-22(29)16-18(32-34(10,11)24(4,5)6)12-13-21(28)27-31-20-15-17-14-19(25(17,7)8)26(20,9)33-27;15-10(7-12-2-1-5-20-12)6-9-3-4-11(8-13(16)17)19-14(9)18/h17-21H,12-16H2,1-11H3;1-2,5,9,11,18H,3-4,6-8H2,(H,16,17)/t17-,18-,19-,20+,21+,26-;9-,11+/m01/s1. The van der Waals surface area contributed by atoms with Crippen molar-refractivity contribution in [2.45, 2.75) is 185 Å². The molecule has 6 rings (SSSR count). The molecule has 3 heterocycles. The van der Waals surface area contributed by atoms with Gasteiger partial charge in [-0.05, 0) is 113 Å². The summed E-state index contributed by atoms with van der Waals surface area (Å²) in [6, 6.07) is 3.82. The van der Waals surface area contributed by atoms with E-state index in [2.05, 4.69) is 54.6 Å². The second-order valence-corrected chi connectivity index (χ2v) is 25.7. The number of carbonyl (C=O) groups excluding carboxylic acids is 2. The second kappa shape index (κ2) is 17.7. The van der Waals surface area contributed by atoms with Crippen LogP contribution in [-0.4, -0.2) is 85.2 Å². The van der Waals surface area contributed by atoms with Gasteiger partial charge in [-0.2, -0.15) is 0 Å². The number of carboxylic acids is 1. The molecule has 5 fully saturated rings. The van der Waals surface area contributed by atoms with Crippen LogP contribution in [0.3, 0.4) is 0 Å². The van der Waals surface area contributed by atoms with Crippen molar-refractivity contribution in [1.82, 2.24) is 0 Å². The molecule has 2 bridgehead atoms. The summed E-state index contributed by atoms with van der Waals surface area (Å²) in [6.45, 7) is 23.7. The first-order valence-electron chi connectivity index (χ1n) is 19.8. The van der Waals surface area contributed by atoms with Gasteiger partial charge in [-0.15, -0.1) is 22.9 Å². The van der Waals surface area contributed by atoms with Crippen molar-refractivity contribution >= 4 is 63.2 Å². The number of alkyl halides is 1. The second-order valence-electron chi connectivity index (χ2n) is 19.3. The maximum absolute atomic E-state index is 12.7. The quantitative estimate of drug-likeness (QED) is 0.107. The average molecular weight is 811 g/mol. The lowest BCUT2D eigenvalue weighted by Crippen LogP contribution is -2.65. The van der Waals surface area contributed by atoms with E-state index in [1.165, 1.54) is 6.42 Å². The molecule has 304 valence electrons. The van der Waals surface area contributed by atoms with Crippen LogP contribution in [0.25, 0.3) is 0 Å². The Kier molecular flexibility index (Phi) is 14.9. The molecule has 8 atom stereocenters. The number of aliphatic carboxylic acids is 1. The van der Waals surface area contributed by atoms with Gasteiger partial charge in [0, 0.05) is 23.5 Å². The predicted octanol–water partition coefficient (Wildman–Crippen LogP) is 8.52. The first-order chi connectivity index (χ1) is 24.8. The van der Waals surface area contributed by atoms with Crippen LogP contribution in [0.2, 0.25) is 23.9 Å². The van der Waals surface area contributed by atoms with E-state index in [1.54, 1.807) is 11.3 Å². The van der Waals surface area contributed by atoms with Crippen molar-refractivity contribution in [2.75, 3.05) is 0 Å². The third-order valence-corrected chi connectivity index (χ3v) is 18.4. The van der Waals surface area contributed by atoms with E-state index >= 15 is 0 Å². The number of hydrogen-bond donors (Lipinski definition) is 2. The highest BCUT2D eigenvalue weighted by Crippen LogP contribution is 2.66. The van der Waals surface area contributed by atoms with Gasteiger partial charge in [-0.25, -0.2) is 0 Å². The van der Waals surface area contributed by atoms with Gasteiger partial charge in [0.2, 0.25) is 0 Å². The topological polar surface area (TPSA) is 138 Å². The summed E-state index contributed by atoms with van der Waals surface area (Å²) in [4.78, 5) is 36.2. The highest BCUT2D eigenvalue weighted by molar-refractivity contribution is 7.10. The Morgan fingerprint density at radius 2 is 1.74 bits per heavy atom. The van der Waals surface area contributed by atoms with Crippen LogP contribution in [0.4, 0.5) is 0 Å². The Labute approximate surface area is 334 Å². The van der Waals surface area contributed by atoms with Gasteiger partial charge in [-0.3, -0.25) is 14.4 Å². The number of thiophene rings is 1. The van der Waals surface area contributed by atoms with E-state index in [4.69, 9.17) is 39.8 Å². The fourth-order valence-corrected chi connectivity index (χ4v) is 10.7. The maximum atomic E-state index is 12.7. The Morgan fingerprint density at radius 3 is 2.30 bits per heavy atom. The minimum atomic E-state index is -2.07. The van der Waals surface area contributed by atoms with Crippen molar-refractivity contribution < 1.29 is 47.6 Å². The zero-order valence-corrected chi connectivity index (χ0v) is 37.0. The summed E-state index contributed by atoms with van der Waals surface area (Å²) in [6.07, 6.45) is 5.03. The van der Waals surface area contributed by atoms with Crippen molar-refractivity contribution in [3.8, 4) is 0 Å². The molecule has 5 aliphatic rings. The van der Waals surface area contributed by atoms with Gasteiger partial charge in [0.05, 0.1) is 42.0 Å². The molecule has 2 saturated heterocycles. The molecular weight excluding hydrogens is 746 g/mol. The summed E-state index contributed by atoms with van der Waals surface area (Å²) < 4.78 is 30.5. The van der Waals surface area contributed by atoms with Crippen molar-refractivity contribution in [2.24, 2.45) is 17.3 Å². The van der Waals surface area contributed by atoms with Crippen LogP contribution in [-0.2, 0) is 43.9 Å². The Morgan fingerprint density at radius 1 is 1.06 bits per heavy atom. The molecule has 0 aromatic carbocycles. The molecule has 0 amide bonds. The summed E-state index contributed by atoms with van der Waals surface area (Å²) in [5.74, 6) is -0.0858. The monoisotopic (exact) mass is 810 g/mol. The minimum Gasteiger partial charge on any atom is -0.481 e. The van der Waals surface area contributed by atoms with Gasteiger partial charge in [0.1, 0.15) is 11.4 Å². The molecule has 15 heteroatoms. The molecule has 0 radical (unpaired) electrons. The number of rotatable bonds is 14. The smallest absolute Gasteiger partial charge is 0.476 e. The van der Waals surface area contributed by atoms with Crippen molar-refractivity contribution in [3.05, 3.63) is 22.4 Å². The number of esters is 1. The first kappa shape index (κ1) is 45.4. The van der Waals surface area contributed by atoms with Crippen LogP contribution >= 0.6 is 22.9 Å². The van der Waals surface area contributed by atoms with Crippen molar-refractivity contribution in [1.29, 1.82) is 0 Å². The normalized spacial score (nSPS) is 28.9. The largest absolute Gasteiger partial charge is 0.481 e. The van der Waals surface area contributed by atoms with Crippen LogP contribution in [0.5, 0.6) is 0 Å². The lowest BCUT2D eigenvalue weighted by molar-refractivity contribution is -0.199. The molecule has 10 nitrogen and oxygen atoms in total. The summed E-state index contributed by atoms with van der Waals surface area (Å²) >= 11 is 8.43. The molecular formula is C39H65B2ClO10SSi. The molecule has 2 N–H and O–H groups in total. The Hall–Kier alpha value is -1.25. The molecule has 3 aliphatic carbocycles. The molecule has 0 unspecified atom stereocenters. The third-order valence-electron chi connectivity index (χ3n) is 12.5. The van der Waals surface area contributed by atoms with Crippen LogP contribution in [0.1, 0.15) is 125 Å². The SMILES string of the molecule is CC(C)(C)OC(=O)C[C@H](CC[C@@H](Cl)B1O[C@@H]2C[C@@H]3C[C@@H](C3(C)C)[C@]2(C)O1)O[Si](C)(C)C(C)(C)C.O=C(O)C[C@@H]1CC[C@H](CC(=O)Cc2cccs2)B(O)O1. The summed E-state index contributed by atoms with van der Waals surface area (Å²) in [5, 5.41) is 20.2. The lowest BCUT2D eigenvalue weighted by Gasteiger charge is -2.64. The molecule has 3 saturated carbocycles. The highest BCUT2D eigenvalue weighted by atomic mass is 35.5. The summed E-state index contributed by atoms with van der Waals surface area (Å²) in [7, 11) is -3.52. The maximum Gasteiger partial charge on any atom is 0.476 e. The van der Waals surface area contributed by atoms with Crippen molar-refractivity contribution in [3.63, 3.8) is 0 Å².